The predicted molar refractivity (Wildman–Crippen MR) is 114 cm³/mol. The number of carboxylic acids is 1. The van der Waals surface area contributed by atoms with E-state index in [9.17, 15) is 9.18 Å². The van der Waals surface area contributed by atoms with Crippen LogP contribution in [0.4, 0.5) is 4.39 Å². The number of methoxy groups -OCH3 is 1. The number of halogens is 1. The van der Waals surface area contributed by atoms with E-state index in [4.69, 9.17) is 14.3 Å². The summed E-state index contributed by atoms with van der Waals surface area (Å²) in [5, 5.41) is 9.80. The largest absolute Gasteiger partial charge is 0.494 e. The van der Waals surface area contributed by atoms with Crippen LogP contribution < -0.4 is 4.74 Å². The normalized spacial score (nSPS) is 11.0. The number of aliphatic carboxylic acids is 1. The Kier molecular flexibility index (Phi) is 5.27. The Morgan fingerprint density at radius 2 is 1.87 bits per heavy atom. The van der Waals surface area contributed by atoms with E-state index in [1.54, 1.807) is 6.07 Å². The predicted octanol–water partition coefficient (Wildman–Crippen LogP) is 6.24. The molecule has 0 fully saturated rings. The van der Waals surface area contributed by atoms with Gasteiger partial charge in [0.25, 0.3) is 0 Å². The van der Waals surface area contributed by atoms with Gasteiger partial charge in [0, 0.05) is 17.4 Å². The summed E-state index contributed by atoms with van der Waals surface area (Å²) in [5.41, 5.74) is 5.16. The van der Waals surface area contributed by atoms with Gasteiger partial charge < -0.3 is 14.3 Å². The third-order valence-electron chi connectivity index (χ3n) is 5.17. The standard InChI is InChI=1S/C25H21FO4/c1-15-10-24(29-2)21(26)14-20(15)17-4-3-5-18(12-17)23-13-19-11-16(7-9-25(27)28)6-8-22(19)30-23/h3-6,8,10-14H,7,9H2,1-2H3,(H,27,28). The first-order valence-electron chi connectivity index (χ1n) is 9.64. The lowest BCUT2D eigenvalue weighted by molar-refractivity contribution is -0.136. The highest BCUT2D eigenvalue weighted by atomic mass is 19.1. The molecule has 0 amide bonds. The zero-order chi connectivity index (χ0) is 21.3. The minimum absolute atomic E-state index is 0.0933. The third-order valence-corrected chi connectivity index (χ3v) is 5.17. The topological polar surface area (TPSA) is 59.7 Å². The summed E-state index contributed by atoms with van der Waals surface area (Å²) in [6, 6.07) is 18.6. The highest BCUT2D eigenvalue weighted by Gasteiger charge is 2.12. The Morgan fingerprint density at radius 1 is 1.07 bits per heavy atom. The highest BCUT2D eigenvalue weighted by molar-refractivity contribution is 5.84. The van der Waals surface area contributed by atoms with Crippen molar-refractivity contribution in [1.29, 1.82) is 0 Å². The van der Waals surface area contributed by atoms with E-state index in [0.717, 1.165) is 38.8 Å². The van der Waals surface area contributed by atoms with Crippen molar-refractivity contribution in [3.63, 3.8) is 0 Å². The molecule has 1 N–H and O–H groups in total. The molecule has 4 rings (SSSR count). The quantitative estimate of drug-likeness (QED) is 0.413. The molecule has 0 spiro atoms. The summed E-state index contributed by atoms with van der Waals surface area (Å²) in [4.78, 5) is 10.8. The fourth-order valence-electron chi connectivity index (χ4n) is 3.60. The Labute approximate surface area is 173 Å². The molecule has 0 saturated heterocycles. The minimum atomic E-state index is -0.815. The first kappa shape index (κ1) is 19.7. The molecule has 0 radical (unpaired) electrons. The van der Waals surface area contributed by atoms with Gasteiger partial charge in [-0.05, 0) is 72.0 Å². The molecule has 0 atom stereocenters. The zero-order valence-corrected chi connectivity index (χ0v) is 16.7. The molecule has 4 nitrogen and oxygen atoms in total. The second kappa shape index (κ2) is 8.03. The van der Waals surface area contributed by atoms with Crippen LogP contribution in [0.2, 0.25) is 0 Å². The van der Waals surface area contributed by atoms with Crippen molar-refractivity contribution < 1.29 is 23.4 Å². The van der Waals surface area contributed by atoms with Crippen molar-refractivity contribution in [3.8, 4) is 28.2 Å². The van der Waals surface area contributed by atoms with Crippen LogP contribution in [0, 0.1) is 12.7 Å². The van der Waals surface area contributed by atoms with E-state index < -0.39 is 11.8 Å². The highest BCUT2D eigenvalue weighted by Crippen LogP contribution is 2.34. The molecule has 1 heterocycles. The molecule has 0 aliphatic carbocycles. The molecular formula is C25H21FO4. The molecule has 3 aromatic carbocycles. The fourth-order valence-corrected chi connectivity index (χ4v) is 3.60. The third kappa shape index (κ3) is 3.92. The smallest absolute Gasteiger partial charge is 0.303 e. The second-order valence-corrected chi connectivity index (χ2v) is 7.26. The number of benzene rings is 3. The summed E-state index contributed by atoms with van der Waals surface area (Å²) in [5.74, 6) is -0.288. The summed E-state index contributed by atoms with van der Waals surface area (Å²) in [6.07, 6.45) is 0.569. The number of hydrogen-bond acceptors (Lipinski definition) is 3. The van der Waals surface area contributed by atoms with Crippen LogP contribution in [0.3, 0.4) is 0 Å². The number of ether oxygens (including phenoxy) is 1. The van der Waals surface area contributed by atoms with Crippen molar-refractivity contribution in [2.45, 2.75) is 19.8 Å². The van der Waals surface area contributed by atoms with E-state index in [-0.39, 0.29) is 12.2 Å². The molecule has 4 aromatic rings. The molecule has 0 aliphatic rings. The maximum absolute atomic E-state index is 14.2. The Bertz CT molecular complexity index is 1240. The minimum Gasteiger partial charge on any atom is -0.494 e. The van der Waals surface area contributed by atoms with Gasteiger partial charge in [0.2, 0.25) is 0 Å². The van der Waals surface area contributed by atoms with Crippen molar-refractivity contribution in [1.82, 2.24) is 0 Å². The number of fused-ring (bicyclic) bond motifs is 1. The first-order chi connectivity index (χ1) is 14.4. The van der Waals surface area contributed by atoms with E-state index in [1.165, 1.54) is 13.2 Å². The second-order valence-electron chi connectivity index (χ2n) is 7.26. The summed E-state index contributed by atoms with van der Waals surface area (Å²) >= 11 is 0. The van der Waals surface area contributed by atoms with E-state index in [1.807, 2.05) is 55.5 Å². The molecule has 0 bridgehead atoms. The van der Waals surface area contributed by atoms with Crippen LogP contribution in [0.15, 0.2) is 65.1 Å². The summed E-state index contributed by atoms with van der Waals surface area (Å²) in [6.45, 7) is 1.92. The SMILES string of the molecule is COc1cc(C)c(-c2cccc(-c3cc4cc(CCC(=O)O)ccc4o3)c2)cc1F. The van der Waals surface area contributed by atoms with Crippen molar-refractivity contribution >= 4 is 16.9 Å². The molecule has 0 unspecified atom stereocenters. The van der Waals surface area contributed by atoms with Crippen LogP contribution in [-0.2, 0) is 11.2 Å². The van der Waals surface area contributed by atoms with E-state index >= 15 is 0 Å². The van der Waals surface area contributed by atoms with Gasteiger partial charge in [-0.1, -0.05) is 24.3 Å². The van der Waals surface area contributed by atoms with Crippen LogP contribution >= 0.6 is 0 Å². The van der Waals surface area contributed by atoms with E-state index in [0.29, 0.717) is 12.2 Å². The number of carbonyl (C=O) groups is 1. The maximum atomic E-state index is 14.2. The Balaban J connectivity index is 1.69. The number of hydrogen-bond donors (Lipinski definition) is 1. The first-order valence-corrected chi connectivity index (χ1v) is 9.64. The molecular weight excluding hydrogens is 383 g/mol. The monoisotopic (exact) mass is 404 g/mol. The molecule has 0 saturated carbocycles. The van der Waals surface area contributed by atoms with Gasteiger partial charge in [-0.25, -0.2) is 4.39 Å². The maximum Gasteiger partial charge on any atom is 0.303 e. The molecule has 0 aliphatic heterocycles. The number of carboxylic acid groups (broad SMARTS) is 1. The zero-order valence-electron chi connectivity index (χ0n) is 16.7. The average Bonchev–Trinajstić information content (AvgIpc) is 3.17. The van der Waals surface area contributed by atoms with Gasteiger partial charge in [-0.2, -0.15) is 0 Å². The lowest BCUT2D eigenvalue weighted by Crippen LogP contribution is -1.96. The molecule has 152 valence electrons. The molecule has 1 aromatic heterocycles. The number of aryl methyl sites for hydroxylation is 2. The molecule has 30 heavy (non-hydrogen) atoms. The van der Waals surface area contributed by atoms with Crippen molar-refractivity contribution in [2.75, 3.05) is 7.11 Å². The summed E-state index contributed by atoms with van der Waals surface area (Å²) in [7, 11) is 1.45. The van der Waals surface area contributed by atoms with Gasteiger partial charge in [-0.15, -0.1) is 0 Å². The lowest BCUT2D eigenvalue weighted by Gasteiger charge is -2.10. The number of furan rings is 1. The average molecular weight is 404 g/mol. The van der Waals surface area contributed by atoms with Gasteiger partial charge in [-0.3, -0.25) is 4.79 Å². The lowest BCUT2D eigenvalue weighted by atomic mass is 9.97. The van der Waals surface area contributed by atoms with Gasteiger partial charge in [0.15, 0.2) is 11.6 Å². The number of rotatable bonds is 6. The van der Waals surface area contributed by atoms with Gasteiger partial charge >= 0.3 is 5.97 Å². The van der Waals surface area contributed by atoms with E-state index in [2.05, 4.69) is 0 Å². The van der Waals surface area contributed by atoms with Crippen LogP contribution in [0.1, 0.15) is 17.5 Å². The Morgan fingerprint density at radius 3 is 2.63 bits per heavy atom. The van der Waals surface area contributed by atoms with Crippen molar-refractivity contribution in [3.05, 3.63) is 77.6 Å². The Hall–Kier alpha value is -3.60. The van der Waals surface area contributed by atoms with Gasteiger partial charge in [0.05, 0.1) is 7.11 Å². The fraction of sp³-hybridized carbons (Fsp3) is 0.160. The molecule has 5 heteroatoms. The summed E-state index contributed by atoms with van der Waals surface area (Å²) < 4.78 is 25.3. The van der Waals surface area contributed by atoms with Crippen LogP contribution in [-0.4, -0.2) is 18.2 Å². The van der Waals surface area contributed by atoms with Crippen molar-refractivity contribution in [2.24, 2.45) is 0 Å². The van der Waals surface area contributed by atoms with Crippen LogP contribution in [0.5, 0.6) is 5.75 Å². The van der Waals surface area contributed by atoms with Crippen LogP contribution in [0.25, 0.3) is 33.4 Å². The van der Waals surface area contributed by atoms with Gasteiger partial charge in [0.1, 0.15) is 11.3 Å².